The zero-order valence-corrected chi connectivity index (χ0v) is 11.8. The second kappa shape index (κ2) is 6.65. The summed E-state index contributed by atoms with van der Waals surface area (Å²) in [5.41, 5.74) is 0.953. The highest BCUT2D eigenvalue weighted by molar-refractivity contribution is 5.92. The highest BCUT2D eigenvalue weighted by Gasteiger charge is 2.16. The molecule has 1 atom stereocenters. The first-order chi connectivity index (χ1) is 10.1. The fraction of sp³-hybridized carbons (Fsp3) is 0.286. The van der Waals surface area contributed by atoms with Gasteiger partial charge in [-0.3, -0.25) is 9.59 Å². The van der Waals surface area contributed by atoms with E-state index in [4.69, 9.17) is 0 Å². The summed E-state index contributed by atoms with van der Waals surface area (Å²) in [4.78, 5) is 24.5. The summed E-state index contributed by atoms with van der Waals surface area (Å²) in [6.07, 6.45) is 1.49. The van der Waals surface area contributed by atoms with Gasteiger partial charge in [0.25, 0.3) is 5.91 Å². The van der Waals surface area contributed by atoms with E-state index in [1.165, 1.54) is 18.1 Å². The quantitative estimate of drug-likeness (QED) is 0.828. The van der Waals surface area contributed by atoms with Crippen LogP contribution in [-0.2, 0) is 9.53 Å². The highest BCUT2D eigenvalue weighted by atomic mass is 16.5. The fourth-order valence-corrected chi connectivity index (χ4v) is 1.73. The van der Waals surface area contributed by atoms with Gasteiger partial charge in [0.15, 0.2) is 5.69 Å². The standard InChI is InChI=1S/C14H16N4O3/c1-10(8-13(19)21-2)16-14(20)12-9-15-18(17-12)11-6-4-3-5-7-11/h3-7,9-10H,8H2,1-2H3,(H,16,20). The second-order valence-electron chi connectivity index (χ2n) is 4.51. The molecule has 0 saturated carbocycles. The minimum Gasteiger partial charge on any atom is -0.469 e. The first-order valence-corrected chi connectivity index (χ1v) is 6.45. The van der Waals surface area contributed by atoms with Crippen LogP contribution in [0.4, 0.5) is 0 Å². The molecule has 0 aliphatic heterocycles. The third-order valence-corrected chi connectivity index (χ3v) is 2.79. The van der Waals surface area contributed by atoms with Crippen LogP contribution in [0.15, 0.2) is 36.5 Å². The molecule has 0 aliphatic carbocycles. The summed E-state index contributed by atoms with van der Waals surface area (Å²) in [6.45, 7) is 1.72. The summed E-state index contributed by atoms with van der Waals surface area (Å²) in [6, 6.07) is 8.93. The molecular weight excluding hydrogens is 272 g/mol. The lowest BCUT2D eigenvalue weighted by Gasteiger charge is -2.10. The Morgan fingerprint density at radius 3 is 2.71 bits per heavy atom. The predicted molar refractivity (Wildman–Crippen MR) is 74.9 cm³/mol. The van der Waals surface area contributed by atoms with Crippen molar-refractivity contribution in [2.45, 2.75) is 19.4 Å². The van der Waals surface area contributed by atoms with E-state index < -0.39 is 0 Å². The van der Waals surface area contributed by atoms with Crippen molar-refractivity contribution in [1.29, 1.82) is 0 Å². The lowest BCUT2D eigenvalue weighted by Crippen LogP contribution is -2.34. The Kier molecular flexibility index (Phi) is 4.65. The normalized spacial score (nSPS) is 11.7. The zero-order chi connectivity index (χ0) is 15.2. The van der Waals surface area contributed by atoms with Crippen LogP contribution in [-0.4, -0.2) is 40.0 Å². The molecule has 21 heavy (non-hydrogen) atoms. The molecule has 2 aromatic rings. The Labute approximate surface area is 121 Å². The summed E-state index contributed by atoms with van der Waals surface area (Å²) >= 11 is 0. The second-order valence-corrected chi connectivity index (χ2v) is 4.51. The molecule has 1 aromatic heterocycles. The molecule has 7 nitrogen and oxygen atoms in total. The first kappa shape index (κ1) is 14.7. The van der Waals surface area contributed by atoms with Gasteiger partial charge in [0.2, 0.25) is 0 Å². The number of esters is 1. The van der Waals surface area contributed by atoms with Crippen LogP contribution in [0, 0.1) is 0 Å². The minimum absolute atomic E-state index is 0.106. The molecule has 1 heterocycles. The molecule has 1 amide bonds. The number of ether oxygens (including phenoxy) is 1. The topological polar surface area (TPSA) is 86.1 Å². The number of methoxy groups -OCH3 is 1. The highest BCUT2D eigenvalue weighted by Crippen LogP contribution is 2.04. The lowest BCUT2D eigenvalue weighted by molar-refractivity contribution is -0.141. The number of carbonyl (C=O) groups is 2. The molecule has 110 valence electrons. The van der Waals surface area contributed by atoms with Crippen LogP contribution >= 0.6 is 0 Å². The summed E-state index contributed by atoms with van der Waals surface area (Å²) in [7, 11) is 1.31. The Balaban J connectivity index is 2.01. The molecule has 0 aliphatic rings. The maximum absolute atomic E-state index is 12.0. The van der Waals surface area contributed by atoms with Gasteiger partial charge in [-0.1, -0.05) is 18.2 Å². The molecule has 1 unspecified atom stereocenters. The Bertz CT molecular complexity index is 624. The molecule has 0 fully saturated rings. The number of rotatable bonds is 5. The predicted octanol–water partition coefficient (Wildman–Crippen LogP) is 0.949. The molecular formula is C14H16N4O3. The van der Waals surface area contributed by atoms with Crippen molar-refractivity contribution < 1.29 is 14.3 Å². The van der Waals surface area contributed by atoms with Crippen LogP contribution in [0.2, 0.25) is 0 Å². The maximum atomic E-state index is 12.0. The van der Waals surface area contributed by atoms with Gasteiger partial charge in [-0.25, -0.2) is 0 Å². The third-order valence-electron chi connectivity index (χ3n) is 2.79. The van der Waals surface area contributed by atoms with Crippen LogP contribution in [0.3, 0.4) is 0 Å². The zero-order valence-electron chi connectivity index (χ0n) is 11.8. The Hall–Kier alpha value is -2.70. The number of amides is 1. The Morgan fingerprint density at radius 1 is 1.33 bits per heavy atom. The molecule has 0 spiro atoms. The van der Waals surface area contributed by atoms with E-state index >= 15 is 0 Å². The van der Waals surface area contributed by atoms with Gasteiger partial charge in [-0.2, -0.15) is 9.90 Å². The van der Waals surface area contributed by atoms with Gasteiger partial charge in [-0.15, -0.1) is 5.10 Å². The molecule has 7 heteroatoms. The summed E-state index contributed by atoms with van der Waals surface area (Å²) < 4.78 is 4.55. The maximum Gasteiger partial charge on any atom is 0.307 e. The van der Waals surface area contributed by atoms with E-state index in [2.05, 4.69) is 20.3 Å². The number of hydrogen-bond acceptors (Lipinski definition) is 5. The molecule has 0 saturated heterocycles. The van der Waals surface area contributed by atoms with Crippen LogP contribution in [0.5, 0.6) is 0 Å². The van der Waals surface area contributed by atoms with E-state index in [0.717, 1.165) is 5.69 Å². The average Bonchev–Trinajstić information content (AvgIpc) is 2.97. The SMILES string of the molecule is COC(=O)CC(C)NC(=O)c1cnn(-c2ccccc2)n1. The molecule has 1 N–H and O–H groups in total. The van der Waals surface area contributed by atoms with Crippen molar-refractivity contribution in [1.82, 2.24) is 20.3 Å². The molecule has 2 rings (SSSR count). The van der Waals surface area contributed by atoms with Crippen molar-refractivity contribution in [2.24, 2.45) is 0 Å². The summed E-state index contributed by atoms with van der Waals surface area (Å²) in [5, 5.41) is 10.8. The number of carbonyl (C=O) groups excluding carboxylic acids is 2. The van der Waals surface area contributed by atoms with Gasteiger partial charge in [-0.05, 0) is 19.1 Å². The van der Waals surface area contributed by atoms with Crippen LogP contribution in [0.25, 0.3) is 5.69 Å². The first-order valence-electron chi connectivity index (χ1n) is 6.45. The van der Waals surface area contributed by atoms with Crippen LogP contribution in [0.1, 0.15) is 23.8 Å². The van der Waals surface area contributed by atoms with Crippen molar-refractivity contribution >= 4 is 11.9 Å². The van der Waals surface area contributed by atoms with Crippen molar-refractivity contribution in [2.75, 3.05) is 7.11 Å². The van der Waals surface area contributed by atoms with E-state index in [0.29, 0.717) is 0 Å². The van der Waals surface area contributed by atoms with Crippen molar-refractivity contribution in [3.8, 4) is 5.69 Å². The number of nitrogens with zero attached hydrogens (tertiary/aromatic N) is 3. The number of nitrogens with one attached hydrogen (secondary N) is 1. The number of hydrogen-bond donors (Lipinski definition) is 1. The smallest absolute Gasteiger partial charge is 0.307 e. The number of benzene rings is 1. The monoisotopic (exact) mass is 288 g/mol. The van der Waals surface area contributed by atoms with Crippen LogP contribution < -0.4 is 5.32 Å². The van der Waals surface area contributed by atoms with E-state index in [1.54, 1.807) is 6.92 Å². The van der Waals surface area contributed by atoms with Crippen molar-refractivity contribution in [3.63, 3.8) is 0 Å². The van der Waals surface area contributed by atoms with E-state index in [-0.39, 0.29) is 30.0 Å². The van der Waals surface area contributed by atoms with Gasteiger partial charge in [0, 0.05) is 6.04 Å². The molecule has 0 radical (unpaired) electrons. The average molecular weight is 288 g/mol. The van der Waals surface area contributed by atoms with Gasteiger partial charge in [0.05, 0.1) is 25.4 Å². The Morgan fingerprint density at radius 2 is 2.05 bits per heavy atom. The largest absolute Gasteiger partial charge is 0.469 e. The van der Waals surface area contributed by atoms with E-state index in [1.807, 2.05) is 30.3 Å². The number of para-hydroxylation sites is 1. The van der Waals surface area contributed by atoms with Gasteiger partial charge >= 0.3 is 5.97 Å². The minimum atomic E-state index is -0.381. The fourth-order valence-electron chi connectivity index (χ4n) is 1.73. The van der Waals surface area contributed by atoms with Gasteiger partial charge < -0.3 is 10.1 Å². The van der Waals surface area contributed by atoms with E-state index in [9.17, 15) is 9.59 Å². The molecule has 0 bridgehead atoms. The molecule has 1 aromatic carbocycles. The third kappa shape index (κ3) is 3.88. The summed E-state index contributed by atoms with van der Waals surface area (Å²) in [5.74, 6) is -0.760. The lowest BCUT2D eigenvalue weighted by atomic mass is 10.2. The van der Waals surface area contributed by atoms with Crippen molar-refractivity contribution in [3.05, 3.63) is 42.2 Å². The van der Waals surface area contributed by atoms with Gasteiger partial charge in [0.1, 0.15) is 0 Å². The number of aromatic nitrogens is 3.